The van der Waals surface area contributed by atoms with Gasteiger partial charge in [0.2, 0.25) is 11.7 Å². The van der Waals surface area contributed by atoms with E-state index >= 15 is 0 Å². The minimum atomic E-state index is -1.83. The lowest BCUT2D eigenvalue weighted by Gasteiger charge is -2.23. The number of esters is 2. The monoisotopic (exact) mass is 428 g/mol. The molecule has 3 N–H and O–H groups in total. The van der Waals surface area contributed by atoms with E-state index in [9.17, 15) is 24.3 Å². The molecule has 2 heterocycles. The van der Waals surface area contributed by atoms with Gasteiger partial charge in [-0.1, -0.05) is 30.3 Å². The number of aliphatic hydroxyl groups is 1. The van der Waals surface area contributed by atoms with Crippen LogP contribution in [-0.2, 0) is 28.7 Å². The van der Waals surface area contributed by atoms with Crippen LogP contribution in [0.5, 0.6) is 0 Å². The van der Waals surface area contributed by atoms with E-state index in [0.29, 0.717) is 29.7 Å². The largest absolute Gasteiger partial charge is 0.434 e. The highest BCUT2D eigenvalue weighted by Gasteiger charge is 2.33. The lowest BCUT2D eigenvalue weighted by Crippen LogP contribution is -2.45. The van der Waals surface area contributed by atoms with Crippen molar-refractivity contribution in [2.45, 2.75) is 45.8 Å². The number of ether oxygens (including phenoxy) is 2. The van der Waals surface area contributed by atoms with Gasteiger partial charge in [-0.3, -0.25) is 14.4 Å². The number of aliphatic hydroxyl groups excluding tert-OH is 1. The summed E-state index contributed by atoms with van der Waals surface area (Å²) in [5.41, 5.74) is 3.43. The summed E-state index contributed by atoms with van der Waals surface area (Å²) in [7, 11) is 0. The van der Waals surface area contributed by atoms with Gasteiger partial charge in [-0.2, -0.15) is 0 Å². The highest BCUT2D eigenvalue weighted by atomic mass is 16.6. The summed E-state index contributed by atoms with van der Waals surface area (Å²) in [6, 6.07) is 6.43. The molecule has 2 aliphatic heterocycles. The maximum atomic E-state index is 12.3. The fourth-order valence-corrected chi connectivity index (χ4v) is 3.56. The quantitative estimate of drug-likeness (QED) is 0.445. The smallest absolute Gasteiger partial charge is 0.341 e. The fraction of sp³-hybridized carbons (Fsp3) is 0.364. The van der Waals surface area contributed by atoms with E-state index in [1.54, 1.807) is 25.1 Å². The van der Waals surface area contributed by atoms with Crippen molar-refractivity contribution in [3.05, 3.63) is 47.0 Å². The second kappa shape index (κ2) is 9.23. The summed E-state index contributed by atoms with van der Waals surface area (Å²) in [5, 5.41) is 15.3. The highest BCUT2D eigenvalue weighted by molar-refractivity contribution is 6.19. The number of carbonyl (C=O) groups excluding carboxylic acids is 4. The number of cyclic esters (lactones) is 1. The molecule has 0 aliphatic carbocycles. The molecule has 0 fully saturated rings. The molecule has 0 aromatic heterocycles. The van der Waals surface area contributed by atoms with E-state index in [1.807, 2.05) is 12.1 Å². The Balaban J connectivity index is 1.79. The number of Topliss-reactive ketones (excluding diaryl/α,β-unsaturated/α-hetero) is 1. The Hall–Kier alpha value is -3.30. The summed E-state index contributed by atoms with van der Waals surface area (Å²) in [4.78, 5) is 46.8. The molecule has 2 unspecified atom stereocenters. The lowest BCUT2D eigenvalue weighted by molar-refractivity contribution is -0.173. The first kappa shape index (κ1) is 22.4. The summed E-state index contributed by atoms with van der Waals surface area (Å²) in [6.45, 7) is 4.70. The van der Waals surface area contributed by atoms with Gasteiger partial charge in [0, 0.05) is 26.0 Å². The van der Waals surface area contributed by atoms with E-state index < -0.39 is 36.3 Å². The van der Waals surface area contributed by atoms with Gasteiger partial charge in [-0.25, -0.2) is 4.79 Å². The number of nitrogens with one attached hydrogen (secondary N) is 2. The Bertz CT molecular complexity index is 978. The SMILES string of the molecule is CC(=O)N[C@@H]1OC(=O)C(c2ccc(C3=CC(C(=O)C(O)OC(C)=O)NCC3)cc2)=C1C. The topological polar surface area (TPSA) is 131 Å². The first-order valence-corrected chi connectivity index (χ1v) is 9.80. The molecule has 0 bridgehead atoms. The number of hydrogen-bond acceptors (Lipinski definition) is 8. The average molecular weight is 428 g/mol. The van der Waals surface area contributed by atoms with Gasteiger partial charge in [0.25, 0.3) is 6.29 Å². The van der Waals surface area contributed by atoms with Crippen LogP contribution in [0, 0.1) is 0 Å². The molecule has 2 aliphatic rings. The number of ketones is 1. The third-order valence-electron chi connectivity index (χ3n) is 5.05. The van der Waals surface area contributed by atoms with Crippen LogP contribution in [0.15, 0.2) is 35.9 Å². The fourth-order valence-electron chi connectivity index (χ4n) is 3.56. The molecular formula is C22H24N2O7. The van der Waals surface area contributed by atoms with Crippen molar-refractivity contribution in [2.75, 3.05) is 6.54 Å². The second-order valence-electron chi connectivity index (χ2n) is 7.36. The Morgan fingerprint density at radius 1 is 1.19 bits per heavy atom. The van der Waals surface area contributed by atoms with Crippen LogP contribution in [-0.4, -0.2) is 53.8 Å². The predicted molar refractivity (Wildman–Crippen MR) is 110 cm³/mol. The molecule has 0 saturated carbocycles. The third-order valence-corrected chi connectivity index (χ3v) is 5.05. The van der Waals surface area contributed by atoms with Crippen molar-refractivity contribution in [3.63, 3.8) is 0 Å². The Morgan fingerprint density at radius 3 is 2.45 bits per heavy atom. The molecule has 9 heteroatoms. The summed E-state index contributed by atoms with van der Waals surface area (Å²) in [6.07, 6.45) is -0.259. The minimum Gasteiger partial charge on any atom is -0.434 e. The highest BCUT2D eigenvalue weighted by Crippen LogP contribution is 2.31. The van der Waals surface area contributed by atoms with E-state index in [0.717, 1.165) is 18.1 Å². The Labute approximate surface area is 179 Å². The number of amides is 1. The maximum absolute atomic E-state index is 12.3. The van der Waals surface area contributed by atoms with Crippen molar-refractivity contribution in [1.82, 2.24) is 10.6 Å². The van der Waals surface area contributed by atoms with Gasteiger partial charge in [0.1, 0.15) is 0 Å². The molecule has 0 saturated heterocycles. The first-order valence-electron chi connectivity index (χ1n) is 9.80. The Kier molecular flexibility index (Phi) is 6.67. The van der Waals surface area contributed by atoms with Crippen molar-refractivity contribution >= 4 is 34.8 Å². The number of hydrogen-bond donors (Lipinski definition) is 3. The number of benzene rings is 1. The van der Waals surface area contributed by atoms with Gasteiger partial charge >= 0.3 is 11.9 Å². The van der Waals surface area contributed by atoms with Crippen LogP contribution in [0.2, 0.25) is 0 Å². The number of rotatable bonds is 6. The van der Waals surface area contributed by atoms with Crippen LogP contribution in [0.25, 0.3) is 11.1 Å². The predicted octanol–water partition coefficient (Wildman–Crippen LogP) is 0.675. The normalized spacial score (nSPS) is 21.8. The minimum absolute atomic E-state index is 0.297. The van der Waals surface area contributed by atoms with Crippen LogP contribution < -0.4 is 10.6 Å². The van der Waals surface area contributed by atoms with Gasteiger partial charge in [0.05, 0.1) is 11.6 Å². The maximum Gasteiger partial charge on any atom is 0.341 e. The average Bonchev–Trinajstić information content (AvgIpc) is 2.99. The molecule has 1 aromatic carbocycles. The number of carbonyl (C=O) groups is 4. The van der Waals surface area contributed by atoms with Gasteiger partial charge < -0.3 is 25.2 Å². The molecular weight excluding hydrogens is 404 g/mol. The van der Waals surface area contributed by atoms with Gasteiger partial charge in [0.15, 0.2) is 6.23 Å². The molecule has 1 amide bonds. The van der Waals surface area contributed by atoms with E-state index in [1.165, 1.54) is 6.92 Å². The molecule has 9 nitrogen and oxygen atoms in total. The van der Waals surface area contributed by atoms with E-state index in [4.69, 9.17) is 4.74 Å². The van der Waals surface area contributed by atoms with Crippen LogP contribution in [0.3, 0.4) is 0 Å². The van der Waals surface area contributed by atoms with Crippen molar-refractivity contribution in [1.29, 1.82) is 0 Å². The van der Waals surface area contributed by atoms with Gasteiger partial charge in [-0.15, -0.1) is 0 Å². The van der Waals surface area contributed by atoms with E-state index in [-0.39, 0.29) is 5.91 Å². The summed E-state index contributed by atoms with van der Waals surface area (Å²) >= 11 is 0. The molecule has 164 valence electrons. The first-order chi connectivity index (χ1) is 14.7. The molecule has 3 atom stereocenters. The van der Waals surface area contributed by atoms with Crippen LogP contribution in [0.1, 0.15) is 38.3 Å². The summed E-state index contributed by atoms with van der Waals surface area (Å²) in [5.74, 6) is -2.19. The zero-order valence-electron chi connectivity index (χ0n) is 17.4. The van der Waals surface area contributed by atoms with Crippen molar-refractivity contribution < 1.29 is 33.8 Å². The molecule has 1 aromatic rings. The zero-order valence-corrected chi connectivity index (χ0v) is 17.4. The Morgan fingerprint density at radius 2 is 1.84 bits per heavy atom. The third kappa shape index (κ3) is 5.07. The van der Waals surface area contributed by atoms with Crippen molar-refractivity contribution in [3.8, 4) is 0 Å². The second-order valence-corrected chi connectivity index (χ2v) is 7.36. The molecule has 3 rings (SSSR count). The molecule has 0 radical (unpaired) electrons. The lowest BCUT2D eigenvalue weighted by atomic mass is 9.93. The molecule has 31 heavy (non-hydrogen) atoms. The van der Waals surface area contributed by atoms with E-state index in [2.05, 4.69) is 15.4 Å². The molecule has 0 spiro atoms. The van der Waals surface area contributed by atoms with Crippen LogP contribution >= 0.6 is 0 Å². The standard InChI is InChI=1S/C22H24N2O7/c1-11-18(21(28)31-20(11)24-12(2)25)15-6-4-14(5-7-15)16-8-9-23-17(10-16)19(27)22(29)30-13(3)26/h4-7,10,17,20,22-23,29H,8-9H2,1-3H3,(H,24,25)/t17?,20-,22?/m1/s1. The van der Waals surface area contributed by atoms with Crippen LogP contribution in [0.4, 0.5) is 0 Å². The summed E-state index contributed by atoms with van der Waals surface area (Å²) < 4.78 is 9.78. The zero-order chi connectivity index (χ0) is 22.7. The van der Waals surface area contributed by atoms with Crippen molar-refractivity contribution in [2.24, 2.45) is 0 Å². The van der Waals surface area contributed by atoms with Gasteiger partial charge in [-0.05, 0) is 30.0 Å².